The second kappa shape index (κ2) is 5.76. The lowest BCUT2D eigenvalue weighted by atomic mass is 9.99. The minimum atomic E-state index is -0.513. The van der Waals surface area contributed by atoms with Crippen molar-refractivity contribution >= 4 is 0 Å². The lowest BCUT2D eigenvalue weighted by molar-refractivity contribution is -0.0720. The molecule has 3 nitrogen and oxygen atoms in total. The first-order valence-electron chi connectivity index (χ1n) is 7.23. The highest BCUT2D eigenvalue weighted by molar-refractivity contribution is 5.24. The molecule has 3 rings (SSSR count). The third-order valence-corrected chi connectivity index (χ3v) is 4.48. The van der Waals surface area contributed by atoms with Crippen LogP contribution < -0.4 is 5.73 Å². The zero-order valence-corrected chi connectivity index (χ0v) is 11.4. The molecule has 0 bridgehead atoms. The van der Waals surface area contributed by atoms with Crippen LogP contribution in [-0.2, 0) is 4.74 Å². The normalized spacial score (nSPS) is 28.4. The van der Waals surface area contributed by atoms with Crippen molar-refractivity contribution in [2.24, 2.45) is 5.73 Å². The van der Waals surface area contributed by atoms with Crippen molar-refractivity contribution in [3.8, 4) is 0 Å². The van der Waals surface area contributed by atoms with Crippen LogP contribution in [-0.4, -0.2) is 36.7 Å². The first-order valence-corrected chi connectivity index (χ1v) is 7.23. The molecule has 0 radical (unpaired) electrons. The van der Waals surface area contributed by atoms with E-state index in [1.165, 1.54) is 18.2 Å². The smallest absolute Gasteiger partial charge is 0.130 e. The van der Waals surface area contributed by atoms with Gasteiger partial charge in [-0.15, -0.1) is 0 Å². The monoisotopic (exact) mass is 282 g/mol. The molecule has 1 aliphatic heterocycles. The number of hydrogen-bond acceptors (Lipinski definition) is 3. The van der Waals surface area contributed by atoms with E-state index < -0.39 is 17.7 Å². The third kappa shape index (κ3) is 2.34. The fourth-order valence-electron chi connectivity index (χ4n) is 3.59. The number of hydrogen-bond donors (Lipinski definition) is 1. The summed E-state index contributed by atoms with van der Waals surface area (Å²) in [5, 5.41) is 0. The van der Waals surface area contributed by atoms with Crippen LogP contribution in [0.1, 0.15) is 30.9 Å². The van der Waals surface area contributed by atoms with Crippen LogP contribution >= 0.6 is 0 Å². The molecule has 1 saturated carbocycles. The van der Waals surface area contributed by atoms with Gasteiger partial charge >= 0.3 is 0 Å². The van der Waals surface area contributed by atoms with Crippen LogP contribution in [0.25, 0.3) is 0 Å². The second-order valence-corrected chi connectivity index (χ2v) is 5.53. The van der Waals surface area contributed by atoms with E-state index in [0.717, 1.165) is 19.3 Å². The predicted octanol–water partition coefficient (Wildman–Crippen LogP) is 2.22. The van der Waals surface area contributed by atoms with Gasteiger partial charge in [-0.25, -0.2) is 8.78 Å². The lowest BCUT2D eigenvalue weighted by Crippen LogP contribution is -2.51. The van der Waals surface area contributed by atoms with Crippen LogP contribution in [0.4, 0.5) is 8.78 Å². The van der Waals surface area contributed by atoms with Crippen molar-refractivity contribution in [1.29, 1.82) is 0 Å². The Balaban J connectivity index is 1.93. The molecule has 3 unspecified atom stereocenters. The number of rotatable bonds is 3. The van der Waals surface area contributed by atoms with E-state index in [2.05, 4.69) is 4.90 Å². The van der Waals surface area contributed by atoms with Gasteiger partial charge in [-0.3, -0.25) is 4.90 Å². The van der Waals surface area contributed by atoms with Crippen molar-refractivity contribution in [2.45, 2.75) is 37.5 Å². The van der Waals surface area contributed by atoms with Crippen LogP contribution in [0.5, 0.6) is 0 Å². The average Bonchev–Trinajstić information content (AvgIpc) is 2.91. The molecule has 110 valence electrons. The van der Waals surface area contributed by atoms with Gasteiger partial charge in [0.05, 0.1) is 18.8 Å². The van der Waals surface area contributed by atoms with Crippen LogP contribution in [0, 0.1) is 11.6 Å². The summed E-state index contributed by atoms with van der Waals surface area (Å²) >= 11 is 0. The van der Waals surface area contributed by atoms with E-state index in [1.54, 1.807) is 0 Å². The Kier molecular flexibility index (Phi) is 4.01. The van der Waals surface area contributed by atoms with E-state index in [0.29, 0.717) is 13.2 Å². The summed E-state index contributed by atoms with van der Waals surface area (Å²) in [7, 11) is 0. The maximum atomic E-state index is 14.0. The Morgan fingerprint density at radius 1 is 1.30 bits per heavy atom. The lowest BCUT2D eigenvalue weighted by Gasteiger charge is -2.42. The van der Waals surface area contributed by atoms with E-state index in [-0.39, 0.29) is 24.3 Å². The number of halogens is 2. The largest absolute Gasteiger partial charge is 0.375 e. The molecule has 2 fully saturated rings. The molecule has 1 aromatic rings. The van der Waals surface area contributed by atoms with Gasteiger partial charge in [-0.05, 0) is 31.4 Å². The van der Waals surface area contributed by atoms with Crippen molar-refractivity contribution < 1.29 is 13.5 Å². The number of ether oxygens (including phenoxy) is 1. The molecular formula is C15H20F2N2O. The molecule has 2 aliphatic rings. The molecule has 1 saturated heterocycles. The Morgan fingerprint density at radius 2 is 2.05 bits per heavy atom. The summed E-state index contributed by atoms with van der Waals surface area (Å²) in [5.74, 6) is -1.03. The zero-order valence-electron chi connectivity index (χ0n) is 11.4. The minimum absolute atomic E-state index is 0.0996. The van der Waals surface area contributed by atoms with Gasteiger partial charge < -0.3 is 10.5 Å². The quantitative estimate of drug-likeness (QED) is 0.924. The minimum Gasteiger partial charge on any atom is -0.375 e. The van der Waals surface area contributed by atoms with Crippen molar-refractivity contribution in [2.75, 3.05) is 19.7 Å². The first kappa shape index (κ1) is 13.9. The molecule has 3 atom stereocenters. The Bertz CT molecular complexity index is 463. The number of nitrogens with two attached hydrogens (primary N) is 1. The molecule has 0 aromatic heterocycles. The SMILES string of the molecule is NCC(c1c(F)cccc1F)N1CCOC2CCCC21. The van der Waals surface area contributed by atoms with Gasteiger partial charge in [0.1, 0.15) is 11.6 Å². The zero-order chi connectivity index (χ0) is 14.1. The molecule has 5 heteroatoms. The van der Waals surface area contributed by atoms with Crippen LogP contribution in [0.15, 0.2) is 18.2 Å². The van der Waals surface area contributed by atoms with Crippen molar-refractivity contribution in [3.63, 3.8) is 0 Å². The summed E-state index contributed by atoms with van der Waals surface area (Å²) < 4.78 is 33.8. The standard InChI is InChI=1S/C15H20F2N2O/c16-10-3-1-4-11(17)15(10)13(9-18)19-7-8-20-14-6-2-5-12(14)19/h1,3-4,12-14H,2,5-9,18H2. The molecule has 0 amide bonds. The number of nitrogens with zero attached hydrogens (tertiary/aromatic N) is 1. The fraction of sp³-hybridized carbons (Fsp3) is 0.600. The van der Waals surface area contributed by atoms with E-state index >= 15 is 0 Å². The Morgan fingerprint density at radius 3 is 2.75 bits per heavy atom. The fourth-order valence-corrected chi connectivity index (χ4v) is 3.59. The van der Waals surface area contributed by atoms with Crippen molar-refractivity contribution in [3.05, 3.63) is 35.4 Å². The number of morpholine rings is 1. The van der Waals surface area contributed by atoms with Gasteiger partial charge in [-0.2, -0.15) is 0 Å². The summed E-state index contributed by atoms with van der Waals surface area (Å²) in [6.07, 6.45) is 3.32. The molecule has 1 aromatic carbocycles. The summed E-state index contributed by atoms with van der Waals surface area (Å²) in [5.41, 5.74) is 5.94. The first-order chi connectivity index (χ1) is 9.72. The highest BCUT2D eigenvalue weighted by Gasteiger charge is 2.40. The highest BCUT2D eigenvalue weighted by atomic mass is 19.1. The Hall–Kier alpha value is -1.04. The molecule has 20 heavy (non-hydrogen) atoms. The molecule has 1 aliphatic carbocycles. The maximum Gasteiger partial charge on any atom is 0.130 e. The van der Waals surface area contributed by atoms with Gasteiger partial charge in [0.2, 0.25) is 0 Å². The topological polar surface area (TPSA) is 38.5 Å². The van der Waals surface area contributed by atoms with Gasteiger partial charge in [-0.1, -0.05) is 6.07 Å². The van der Waals surface area contributed by atoms with Crippen molar-refractivity contribution in [1.82, 2.24) is 4.90 Å². The van der Waals surface area contributed by atoms with Crippen LogP contribution in [0.3, 0.4) is 0 Å². The van der Waals surface area contributed by atoms with E-state index in [4.69, 9.17) is 10.5 Å². The number of benzene rings is 1. The van der Waals surface area contributed by atoms with Gasteiger partial charge in [0.15, 0.2) is 0 Å². The maximum absolute atomic E-state index is 14.0. The van der Waals surface area contributed by atoms with E-state index in [1.807, 2.05) is 0 Å². The van der Waals surface area contributed by atoms with Gasteiger partial charge in [0, 0.05) is 24.7 Å². The number of fused-ring (bicyclic) bond motifs is 1. The Labute approximate surface area is 117 Å². The third-order valence-electron chi connectivity index (χ3n) is 4.48. The molecular weight excluding hydrogens is 262 g/mol. The summed E-state index contributed by atoms with van der Waals surface area (Å²) in [6, 6.07) is 3.81. The average molecular weight is 282 g/mol. The molecule has 0 spiro atoms. The molecule has 1 heterocycles. The van der Waals surface area contributed by atoms with Gasteiger partial charge in [0.25, 0.3) is 0 Å². The summed E-state index contributed by atoms with van der Waals surface area (Å²) in [4.78, 5) is 2.14. The second-order valence-electron chi connectivity index (χ2n) is 5.53. The predicted molar refractivity (Wildman–Crippen MR) is 72.2 cm³/mol. The summed E-state index contributed by atoms with van der Waals surface area (Å²) in [6.45, 7) is 1.49. The molecule has 2 N–H and O–H groups in total. The highest BCUT2D eigenvalue weighted by Crippen LogP contribution is 2.36. The van der Waals surface area contributed by atoms with E-state index in [9.17, 15) is 8.78 Å². The van der Waals surface area contributed by atoms with Crippen LogP contribution in [0.2, 0.25) is 0 Å².